The number of carbonyl (C=O) groups is 1. The zero-order valence-corrected chi connectivity index (χ0v) is 11.5. The van der Waals surface area contributed by atoms with Gasteiger partial charge in [0.25, 0.3) is 0 Å². The molecule has 0 aromatic heterocycles. The molecule has 1 saturated heterocycles. The molecule has 1 aromatic rings. The van der Waals surface area contributed by atoms with Crippen molar-refractivity contribution in [3.8, 4) is 0 Å². The fourth-order valence-electron chi connectivity index (χ4n) is 1.77. The minimum absolute atomic E-state index is 0. The smallest absolute Gasteiger partial charge is 0.239 e. The summed E-state index contributed by atoms with van der Waals surface area (Å²) < 4.78 is 5.30. The number of rotatable bonds is 3. The van der Waals surface area contributed by atoms with Gasteiger partial charge in [-0.15, -0.1) is 24.0 Å². The Balaban J connectivity index is 0.00000162. The van der Waals surface area contributed by atoms with E-state index in [9.17, 15) is 4.79 Å². The summed E-state index contributed by atoms with van der Waals surface area (Å²) in [5, 5.41) is 2.71. The molecular weight excluding hydrogens is 275 g/mol. The minimum atomic E-state index is -0.189. The normalized spacial score (nSPS) is 14.8. The van der Waals surface area contributed by atoms with Crippen LogP contribution >= 0.6 is 24.0 Å². The van der Waals surface area contributed by atoms with E-state index in [1.54, 1.807) is 0 Å². The zero-order chi connectivity index (χ0) is 12.1. The number of anilines is 2. The molecule has 1 aliphatic heterocycles. The first-order valence-electron chi connectivity index (χ1n) is 5.58. The lowest BCUT2D eigenvalue weighted by atomic mass is 10.2. The summed E-state index contributed by atoms with van der Waals surface area (Å²) in [5.74, 6) is -0.212. The van der Waals surface area contributed by atoms with Crippen molar-refractivity contribution in [2.75, 3.05) is 42.4 Å². The summed E-state index contributed by atoms with van der Waals surface area (Å²) in [6, 6.07) is 7.76. The molecule has 18 heavy (non-hydrogen) atoms. The van der Waals surface area contributed by atoms with E-state index in [0.717, 1.165) is 37.7 Å². The molecule has 1 heterocycles. The molecule has 1 aliphatic rings. The van der Waals surface area contributed by atoms with Crippen LogP contribution in [0.1, 0.15) is 0 Å². The van der Waals surface area contributed by atoms with Crippen molar-refractivity contribution in [1.82, 2.24) is 0 Å². The topological polar surface area (TPSA) is 41.6 Å². The molecule has 4 nitrogen and oxygen atoms in total. The maximum atomic E-state index is 11.1. The highest BCUT2D eigenvalue weighted by molar-refractivity contribution is 6.29. The maximum Gasteiger partial charge on any atom is 0.239 e. The number of halogens is 2. The van der Waals surface area contributed by atoms with Crippen LogP contribution in [-0.4, -0.2) is 38.1 Å². The lowest BCUT2D eigenvalue weighted by molar-refractivity contribution is -0.113. The van der Waals surface area contributed by atoms with Crippen LogP contribution in [0.15, 0.2) is 24.3 Å². The van der Waals surface area contributed by atoms with Crippen LogP contribution < -0.4 is 10.2 Å². The molecule has 1 amide bonds. The largest absolute Gasteiger partial charge is 0.378 e. The fourth-order valence-corrected chi connectivity index (χ4v) is 1.84. The van der Waals surface area contributed by atoms with E-state index in [-0.39, 0.29) is 24.2 Å². The molecule has 1 fully saturated rings. The van der Waals surface area contributed by atoms with Crippen LogP contribution in [0.2, 0.25) is 0 Å². The lowest BCUT2D eigenvalue weighted by Crippen LogP contribution is -2.36. The van der Waals surface area contributed by atoms with E-state index in [1.165, 1.54) is 0 Å². The molecule has 0 unspecified atom stereocenters. The highest BCUT2D eigenvalue weighted by Crippen LogP contribution is 2.18. The van der Waals surface area contributed by atoms with Gasteiger partial charge in [0.1, 0.15) is 5.88 Å². The average Bonchev–Trinajstić information content (AvgIpc) is 2.40. The molecule has 1 aromatic carbocycles. The summed E-state index contributed by atoms with van der Waals surface area (Å²) in [6.45, 7) is 3.36. The number of alkyl halides is 1. The second kappa shape index (κ2) is 7.46. The van der Waals surface area contributed by atoms with Gasteiger partial charge < -0.3 is 15.0 Å². The Morgan fingerprint density at radius 1 is 1.28 bits per heavy atom. The molecule has 0 bridgehead atoms. The van der Waals surface area contributed by atoms with Crippen LogP contribution in [0.4, 0.5) is 11.4 Å². The highest BCUT2D eigenvalue weighted by Gasteiger charge is 2.10. The van der Waals surface area contributed by atoms with Gasteiger partial charge in [0.2, 0.25) is 5.91 Å². The summed E-state index contributed by atoms with van der Waals surface area (Å²) in [4.78, 5) is 13.4. The van der Waals surface area contributed by atoms with E-state index in [4.69, 9.17) is 16.3 Å². The van der Waals surface area contributed by atoms with Crippen LogP contribution in [0, 0.1) is 0 Å². The van der Waals surface area contributed by atoms with Gasteiger partial charge in [-0.25, -0.2) is 0 Å². The van der Waals surface area contributed by atoms with Crippen molar-refractivity contribution in [2.24, 2.45) is 0 Å². The molecule has 0 atom stereocenters. The summed E-state index contributed by atoms with van der Waals surface area (Å²) in [5.41, 5.74) is 1.92. The number of nitrogens with zero attached hydrogens (tertiary/aromatic N) is 1. The molecule has 2 rings (SSSR count). The fraction of sp³-hybridized carbons (Fsp3) is 0.417. The predicted octanol–water partition coefficient (Wildman–Crippen LogP) is 2.12. The Morgan fingerprint density at radius 3 is 2.44 bits per heavy atom. The van der Waals surface area contributed by atoms with Crippen molar-refractivity contribution < 1.29 is 9.53 Å². The van der Waals surface area contributed by atoms with Crippen LogP contribution in [-0.2, 0) is 9.53 Å². The first-order valence-corrected chi connectivity index (χ1v) is 6.11. The lowest BCUT2D eigenvalue weighted by Gasteiger charge is -2.28. The van der Waals surface area contributed by atoms with Crippen molar-refractivity contribution in [1.29, 1.82) is 0 Å². The van der Waals surface area contributed by atoms with Crippen molar-refractivity contribution >= 4 is 41.3 Å². The van der Waals surface area contributed by atoms with Gasteiger partial charge in [-0.2, -0.15) is 0 Å². The van der Waals surface area contributed by atoms with Gasteiger partial charge in [0.05, 0.1) is 13.2 Å². The molecule has 0 aliphatic carbocycles. The van der Waals surface area contributed by atoms with Crippen LogP contribution in [0.25, 0.3) is 0 Å². The van der Waals surface area contributed by atoms with Crippen molar-refractivity contribution in [3.05, 3.63) is 24.3 Å². The molecule has 0 spiro atoms. The van der Waals surface area contributed by atoms with Gasteiger partial charge >= 0.3 is 0 Å². The third-order valence-corrected chi connectivity index (χ3v) is 2.89. The molecule has 100 valence electrons. The van der Waals surface area contributed by atoms with Gasteiger partial charge in [-0.05, 0) is 24.3 Å². The third-order valence-electron chi connectivity index (χ3n) is 2.65. The standard InChI is InChI=1S/C12H15ClN2O2.ClH/c13-9-12(16)14-10-1-3-11(4-2-10)15-5-7-17-8-6-15;/h1-4H,5-9H2,(H,14,16);1H. The van der Waals surface area contributed by atoms with Crippen LogP contribution in [0.5, 0.6) is 0 Å². The number of carbonyl (C=O) groups excluding carboxylic acids is 1. The van der Waals surface area contributed by atoms with E-state index in [2.05, 4.69) is 10.2 Å². The number of hydrogen-bond donors (Lipinski definition) is 1. The molecule has 0 radical (unpaired) electrons. The highest BCUT2D eigenvalue weighted by atomic mass is 35.5. The van der Waals surface area contributed by atoms with Gasteiger partial charge in [0.15, 0.2) is 0 Å². The number of hydrogen-bond acceptors (Lipinski definition) is 3. The zero-order valence-electron chi connectivity index (χ0n) is 9.89. The molecule has 6 heteroatoms. The first-order chi connectivity index (χ1) is 8.29. The monoisotopic (exact) mass is 290 g/mol. The first kappa shape index (κ1) is 15.1. The van der Waals surface area contributed by atoms with Gasteiger partial charge in [-0.1, -0.05) is 0 Å². The summed E-state index contributed by atoms with van der Waals surface area (Å²) in [6.07, 6.45) is 0. The van der Waals surface area contributed by atoms with E-state index < -0.39 is 0 Å². The summed E-state index contributed by atoms with van der Waals surface area (Å²) in [7, 11) is 0. The van der Waals surface area contributed by atoms with E-state index in [0.29, 0.717) is 0 Å². The molecule has 0 saturated carbocycles. The predicted molar refractivity (Wildman–Crippen MR) is 76.1 cm³/mol. The SMILES string of the molecule is Cl.O=C(CCl)Nc1ccc(N2CCOCC2)cc1. The second-order valence-electron chi connectivity index (χ2n) is 3.83. The molecular formula is C12H16Cl2N2O2. The second-order valence-corrected chi connectivity index (χ2v) is 4.10. The Bertz CT molecular complexity index is 378. The number of benzene rings is 1. The van der Waals surface area contributed by atoms with Gasteiger partial charge in [-0.3, -0.25) is 4.79 Å². The average molecular weight is 291 g/mol. The molecule has 1 N–H and O–H groups in total. The van der Waals surface area contributed by atoms with E-state index >= 15 is 0 Å². The van der Waals surface area contributed by atoms with E-state index in [1.807, 2.05) is 24.3 Å². The quantitative estimate of drug-likeness (QED) is 0.867. The number of morpholine rings is 1. The third kappa shape index (κ3) is 4.05. The number of amides is 1. The minimum Gasteiger partial charge on any atom is -0.378 e. The Morgan fingerprint density at radius 2 is 1.89 bits per heavy atom. The van der Waals surface area contributed by atoms with Gasteiger partial charge in [0, 0.05) is 24.5 Å². The van der Waals surface area contributed by atoms with Crippen molar-refractivity contribution in [2.45, 2.75) is 0 Å². The Hall–Kier alpha value is -0.970. The number of nitrogens with one attached hydrogen (secondary N) is 1. The number of ether oxygens (including phenoxy) is 1. The maximum absolute atomic E-state index is 11.1. The summed E-state index contributed by atoms with van der Waals surface area (Å²) >= 11 is 5.42. The van der Waals surface area contributed by atoms with Crippen LogP contribution in [0.3, 0.4) is 0 Å². The van der Waals surface area contributed by atoms with Crippen molar-refractivity contribution in [3.63, 3.8) is 0 Å². The Kier molecular flexibility index (Phi) is 6.25. The Labute approximate surface area is 118 Å².